The van der Waals surface area contributed by atoms with Gasteiger partial charge in [-0.05, 0) is 18.6 Å². The Kier molecular flexibility index (Phi) is 3.28. The molecule has 1 rings (SSSR count). The SMILES string of the molecule is C=CC(C)(O)Cc1ccccc1Br. The van der Waals surface area contributed by atoms with Crippen molar-refractivity contribution in [3.05, 3.63) is 47.0 Å². The molecule has 0 fully saturated rings. The van der Waals surface area contributed by atoms with Gasteiger partial charge in [0.2, 0.25) is 0 Å². The lowest BCUT2D eigenvalue weighted by Gasteiger charge is -2.18. The fourth-order valence-electron chi connectivity index (χ4n) is 1.10. The van der Waals surface area contributed by atoms with Gasteiger partial charge in [-0.25, -0.2) is 0 Å². The summed E-state index contributed by atoms with van der Waals surface area (Å²) in [5.74, 6) is 0. The van der Waals surface area contributed by atoms with E-state index in [1.54, 1.807) is 13.0 Å². The second-order valence-electron chi connectivity index (χ2n) is 3.33. The minimum atomic E-state index is -0.829. The van der Waals surface area contributed by atoms with Gasteiger partial charge >= 0.3 is 0 Å². The largest absolute Gasteiger partial charge is 0.386 e. The summed E-state index contributed by atoms with van der Waals surface area (Å²) in [6.07, 6.45) is 2.14. The van der Waals surface area contributed by atoms with Crippen LogP contribution in [0.15, 0.2) is 41.4 Å². The Morgan fingerprint density at radius 1 is 1.54 bits per heavy atom. The maximum Gasteiger partial charge on any atom is 0.0837 e. The first-order valence-corrected chi connectivity index (χ1v) is 4.94. The molecule has 1 N–H and O–H groups in total. The van der Waals surface area contributed by atoms with Crippen LogP contribution in [0.4, 0.5) is 0 Å². The maximum absolute atomic E-state index is 9.76. The van der Waals surface area contributed by atoms with Gasteiger partial charge in [-0.15, -0.1) is 6.58 Å². The molecule has 1 aromatic rings. The molecule has 0 radical (unpaired) electrons. The van der Waals surface area contributed by atoms with Gasteiger partial charge in [-0.2, -0.15) is 0 Å². The average molecular weight is 241 g/mol. The van der Waals surface area contributed by atoms with Crippen LogP contribution in [-0.2, 0) is 6.42 Å². The molecule has 0 heterocycles. The highest BCUT2D eigenvalue weighted by Crippen LogP contribution is 2.21. The Bertz CT molecular complexity index is 305. The smallest absolute Gasteiger partial charge is 0.0837 e. The highest BCUT2D eigenvalue weighted by atomic mass is 79.9. The van der Waals surface area contributed by atoms with Gasteiger partial charge in [-0.1, -0.05) is 40.2 Å². The van der Waals surface area contributed by atoms with Crippen molar-refractivity contribution in [2.75, 3.05) is 0 Å². The van der Waals surface area contributed by atoms with Gasteiger partial charge in [0.1, 0.15) is 0 Å². The zero-order valence-corrected chi connectivity index (χ0v) is 9.21. The predicted octanol–water partition coefficient (Wildman–Crippen LogP) is 2.93. The van der Waals surface area contributed by atoms with E-state index in [-0.39, 0.29) is 0 Å². The highest BCUT2D eigenvalue weighted by Gasteiger charge is 2.16. The van der Waals surface area contributed by atoms with E-state index in [0.29, 0.717) is 6.42 Å². The first-order chi connectivity index (χ1) is 6.05. The minimum Gasteiger partial charge on any atom is -0.386 e. The van der Waals surface area contributed by atoms with E-state index in [0.717, 1.165) is 10.0 Å². The second kappa shape index (κ2) is 4.07. The van der Waals surface area contributed by atoms with Crippen molar-refractivity contribution >= 4 is 15.9 Å². The Morgan fingerprint density at radius 3 is 2.69 bits per heavy atom. The van der Waals surface area contributed by atoms with Crippen molar-refractivity contribution in [2.45, 2.75) is 18.9 Å². The monoisotopic (exact) mass is 240 g/mol. The summed E-state index contributed by atoms with van der Waals surface area (Å²) in [5, 5.41) is 9.76. The third kappa shape index (κ3) is 2.98. The number of halogens is 1. The molecule has 0 bridgehead atoms. The zero-order chi connectivity index (χ0) is 9.90. The molecule has 2 heteroatoms. The molecule has 13 heavy (non-hydrogen) atoms. The van der Waals surface area contributed by atoms with Gasteiger partial charge in [0.25, 0.3) is 0 Å². The van der Waals surface area contributed by atoms with E-state index in [4.69, 9.17) is 0 Å². The van der Waals surface area contributed by atoms with Crippen molar-refractivity contribution in [3.63, 3.8) is 0 Å². The van der Waals surface area contributed by atoms with Crippen LogP contribution in [0.25, 0.3) is 0 Å². The molecule has 0 aliphatic rings. The minimum absolute atomic E-state index is 0.581. The third-order valence-electron chi connectivity index (χ3n) is 1.95. The Labute approximate surface area is 87.2 Å². The Hall–Kier alpha value is -0.600. The molecule has 0 saturated heterocycles. The molecule has 1 atom stereocenters. The summed E-state index contributed by atoms with van der Waals surface area (Å²) in [6, 6.07) is 7.87. The van der Waals surface area contributed by atoms with Gasteiger partial charge in [0.15, 0.2) is 0 Å². The predicted molar refractivity (Wildman–Crippen MR) is 58.7 cm³/mol. The molecule has 1 nitrogen and oxygen atoms in total. The number of hydrogen-bond acceptors (Lipinski definition) is 1. The van der Waals surface area contributed by atoms with Crippen LogP contribution in [-0.4, -0.2) is 10.7 Å². The standard InChI is InChI=1S/C11H13BrO/c1-3-11(2,13)8-9-6-4-5-7-10(9)12/h3-7,13H,1,8H2,2H3. The molecular formula is C11H13BrO. The van der Waals surface area contributed by atoms with Crippen molar-refractivity contribution < 1.29 is 5.11 Å². The topological polar surface area (TPSA) is 20.2 Å². The van der Waals surface area contributed by atoms with Crippen LogP contribution >= 0.6 is 15.9 Å². The highest BCUT2D eigenvalue weighted by molar-refractivity contribution is 9.10. The van der Waals surface area contributed by atoms with Crippen LogP contribution in [0.5, 0.6) is 0 Å². The Balaban J connectivity index is 2.86. The van der Waals surface area contributed by atoms with Crippen molar-refractivity contribution in [1.82, 2.24) is 0 Å². The van der Waals surface area contributed by atoms with Crippen LogP contribution in [0.1, 0.15) is 12.5 Å². The molecule has 0 aromatic heterocycles. The van der Waals surface area contributed by atoms with E-state index in [9.17, 15) is 5.11 Å². The van der Waals surface area contributed by atoms with Crippen LogP contribution in [0, 0.1) is 0 Å². The molecule has 0 spiro atoms. The fraction of sp³-hybridized carbons (Fsp3) is 0.273. The lowest BCUT2D eigenvalue weighted by Crippen LogP contribution is -2.23. The molecular weight excluding hydrogens is 228 g/mol. The molecule has 0 aliphatic heterocycles. The second-order valence-corrected chi connectivity index (χ2v) is 4.18. The summed E-state index contributed by atoms with van der Waals surface area (Å²) in [7, 11) is 0. The van der Waals surface area contributed by atoms with Crippen LogP contribution in [0.3, 0.4) is 0 Å². The normalized spacial score (nSPS) is 15.0. The number of benzene rings is 1. The van der Waals surface area contributed by atoms with Crippen LogP contribution in [0.2, 0.25) is 0 Å². The lowest BCUT2D eigenvalue weighted by atomic mass is 9.97. The molecule has 70 valence electrons. The summed E-state index contributed by atoms with van der Waals surface area (Å²) in [6.45, 7) is 5.34. The van der Waals surface area contributed by atoms with Gasteiger partial charge in [0.05, 0.1) is 5.60 Å². The molecule has 1 unspecified atom stereocenters. The van der Waals surface area contributed by atoms with Crippen molar-refractivity contribution in [1.29, 1.82) is 0 Å². The van der Waals surface area contributed by atoms with E-state index in [2.05, 4.69) is 22.5 Å². The zero-order valence-electron chi connectivity index (χ0n) is 7.63. The van der Waals surface area contributed by atoms with Crippen molar-refractivity contribution in [2.24, 2.45) is 0 Å². The maximum atomic E-state index is 9.76. The quantitative estimate of drug-likeness (QED) is 0.806. The first kappa shape index (κ1) is 10.5. The summed E-state index contributed by atoms with van der Waals surface area (Å²) >= 11 is 3.43. The molecule has 0 aliphatic carbocycles. The number of hydrogen-bond donors (Lipinski definition) is 1. The molecule has 0 saturated carbocycles. The van der Waals surface area contributed by atoms with Gasteiger partial charge < -0.3 is 5.11 Å². The molecule has 0 amide bonds. The Morgan fingerprint density at radius 2 is 2.15 bits per heavy atom. The molecule has 1 aromatic carbocycles. The summed E-state index contributed by atoms with van der Waals surface area (Å²) in [5.41, 5.74) is 0.261. The van der Waals surface area contributed by atoms with E-state index < -0.39 is 5.60 Å². The number of rotatable bonds is 3. The van der Waals surface area contributed by atoms with Gasteiger partial charge in [-0.3, -0.25) is 0 Å². The third-order valence-corrected chi connectivity index (χ3v) is 2.72. The average Bonchev–Trinajstić information content (AvgIpc) is 2.09. The number of aliphatic hydroxyl groups is 1. The fourth-order valence-corrected chi connectivity index (χ4v) is 1.52. The first-order valence-electron chi connectivity index (χ1n) is 4.14. The van der Waals surface area contributed by atoms with E-state index in [1.807, 2.05) is 24.3 Å². The lowest BCUT2D eigenvalue weighted by molar-refractivity contribution is 0.112. The van der Waals surface area contributed by atoms with Gasteiger partial charge in [0, 0.05) is 10.9 Å². The van der Waals surface area contributed by atoms with Crippen LogP contribution < -0.4 is 0 Å². The summed E-state index contributed by atoms with van der Waals surface area (Å²) in [4.78, 5) is 0. The van der Waals surface area contributed by atoms with E-state index in [1.165, 1.54) is 0 Å². The van der Waals surface area contributed by atoms with E-state index >= 15 is 0 Å². The van der Waals surface area contributed by atoms with Crippen molar-refractivity contribution in [3.8, 4) is 0 Å². The summed E-state index contributed by atoms with van der Waals surface area (Å²) < 4.78 is 1.03.